The molecule has 8 heteroatoms. The van der Waals surface area contributed by atoms with Gasteiger partial charge >= 0.3 is 0 Å². The van der Waals surface area contributed by atoms with Crippen LogP contribution >= 0.6 is 0 Å². The molecule has 0 amide bonds. The lowest BCUT2D eigenvalue weighted by Crippen LogP contribution is -2.13. The van der Waals surface area contributed by atoms with Gasteiger partial charge in [-0.1, -0.05) is 6.07 Å². The Balaban J connectivity index is 1.93. The Hall–Kier alpha value is -1.77. The minimum Gasteiger partial charge on any atom is -0.447 e. The fraction of sp³-hybridized carbons (Fsp3) is 0.167. The molecule has 0 radical (unpaired) electrons. The van der Waals surface area contributed by atoms with Gasteiger partial charge in [-0.2, -0.15) is 0 Å². The molecule has 1 aromatic carbocycles. The number of hydrogen-bond acceptors (Lipinski definition) is 4. The van der Waals surface area contributed by atoms with Crippen molar-refractivity contribution in [3.05, 3.63) is 53.3 Å². The molecule has 108 valence electrons. The number of halogens is 2. The Labute approximate surface area is 114 Å². The maximum atomic E-state index is 13.0. The normalized spacial score (nSPS) is 11.8. The molecule has 0 aliphatic carbocycles. The van der Waals surface area contributed by atoms with Crippen LogP contribution in [0.1, 0.15) is 11.3 Å². The van der Waals surface area contributed by atoms with Crippen LogP contribution in [0.2, 0.25) is 0 Å². The summed E-state index contributed by atoms with van der Waals surface area (Å²) in [4.78, 5) is 0. The monoisotopic (exact) mass is 302 g/mol. The van der Waals surface area contributed by atoms with E-state index in [0.717, 1.165) is 12.1 Å². The van der Waals surface area contributed by atoms with E-state index in [4.69, 9.17) is 9.56 Å². The Kier molecular flexibility index (Phi) is 4.17. The van der Waals surface area contributed by atoms with Gasteiger partial charge in [-0.3, -0.25) is 0 Å². The van der Waals surface area contributed by atoms with E-state index in [-0.39, 0.29) is 18.2 Å². The fourth-order valence-electron chi connectivity index (χ4n) is 1.59. The zero-order valence-corrected chi connectivity index (χ0v) is 11.1. The van der Waals surface area contributed by atoms with Crippen molar-refractivity contribution in [2.24, 2.45) is 5.14 Å². The van der Waals surface area contributed by atoms with Gasteiger partial charge in [0.15, 0.2) is 11.6 Å². The zero-order valence-electron chi connectivity index (χ0n) is 10.3. The first-order valence-corrected chi connectivity index (χ1v) is 7.17. The summed E-state index contributed by atoms with van der Waals surface area (Å²) in [5, 5.41) is 7.49. The van der Waals surface area contributed by atoms with Crippen LogP contribution < -0.4 is 10.5 Å². The minimum atomic E-state index is -3.86. The van der Waals surface area contributed by atoms with Crippen LogP contribution in [0.4, 0.5) is 8.78 Å². The first kappa shape index (κ1) is 14.6. The third-order valence-corrected chi connectivity index (χ3v) is 3.31. The van der Waals surface area contributed by atoms with Gasteiger partial charge in [-0.25, -0.2) is 22.3 Å². The van der Waals surface area contributed by atoms with Crippen LogP contribution in [0.3, 0.4) is 0 Å². The number of nitrogens with one attached hydrogen (secondary N) is 1. The summed E-state index contributed by atoms with van der Waals surface area (Å²) >= 11 is 0. The summed E-state index contributed by atoms with van der Waals surface area (Å²) < 4.78 is 52.7. The lowest BCUT2D eigenvalue weighted by Gasteiger charge is -2.03. The average Bonchev–Trinajstić information content (AvgIpc) is 2.82. The highest BCUT2D eigenvalue weighted by molar-refractivity contribution is 7.89. The highest BCUT2D eigenvalue weighted by Crippen LogP contribution is 2.12. The number of benzene rings is 1. The molecule has 0 saturated heterocycles. The molecular weight excluding hydrogens is 290 g/mol. The predicted molar refractivity (Wildman–Crippen MR) is 67.0 cm³/mol. The topological polar surface area (TPSA) is 85.3 Å². The zero-order chi connectivity index (χ0) is 14.8. The van der Waals surface area contributed by atoms with E-state index in [2.05, 4.69) is 5.32 Å². The van der Waals surface area contributed by atoms with Crippen LogP contribution in [0.5, 0.6) is 0 Å². The van der Waals surface area contributed by atoms with Crippen molar-refractivity contribution in [2.75, 3.05) is 0 Å². The summed E-state index contributed by atoms with van der Waals surface area (Å²) in [6, 6.07) is 6.30. The molecule has 0 aliphatic rings. The molecule has 5 nitrogen and oxygen atoms in total. The number of rotatable bonds is 5. The summed E-state index contributed by atoms with van der Waals surface area (Å²) in [7, 11) is -3.86. The summed E-state index contributed by atoms with van der Waals surface area (Å²) in [5.74, 6) is -1.45. The second-order valence-electron chi connectivity index (χ2n) is 4.12. The van der Waals surface area contributed by atoms with Gasteiger partial charge in [0, 0.05) is 6.54 Å². The number of furan rings is 1. The third kappa shape index (κ3) is 3.62. The lowest BCUT2D eigenvalue weighted by atomic mass is 10.2. The Bertz CT molecular complexity index is 713. The molecule has 0 unspecified atom stereocenters. The molecule has 20 heavy (non-hydrogen) atoms. The molecule has 0 saturated carbocycles. The van der Waals surface area contributed by atoms with Crippen molar-refractivity contribution in [2.45, 2.75) is 18.2 Å². The molecule has 0 bridgehead atoms. The summed E-state index contributed by atoms with van der Waals surface area (Å²) in [5.41, 5.74) is 0.558. The van der Waals surface area contributed by atoms with Crippen LogP contribution in [-0.4, -0.2) is 8.42 Å². The molecule has 2 aromatic rings. The highest BCUT2D eigenvalue weighted by atomic mass is 32.2. The van der Waals surface area contributed by atoms with Crippen molar-refractivity contribution in [3.8, 4) is 0 Å². The van der Waals surface area contributed by atoms with E-state index in [9.17, 15) is 17.2 Å². The molecular formula is C12H12F2N2O3S. The van der Waals surface area contributed by atoms with Gasteiger partial charge in [-0.15, -0.1) is 0 Å². The van der Waals surface area contributed by atoms with Gasteiger partial charge in [0.1, 0.15) is 5.76 Å². The Morgan fingerprint density at radius 2 is 1.85 bits per heavy atom. The molecule has 3 N–H and O–H groups in total. The molecule has 2 rings (SSSR count). The highest BCUT2D eigenvalue weighted by Gasteiger charge is 2.12. The lowest BCUT2D eigenvalue weighted by molar-refractivity contribution is 0.402. The second kappa shape index (κ2) is 5.70. The van der Waals surface area contributed by atoms with Crippen molar-refractivity contribution in [1.29, 1.82) is 0 Å². The molecule has 0 spiro atoms. The predicted octanol–water partition coefficient (Wildman–Crippen LogP) is 1.49. The molecule has 0 atom stereocenters. The Morgan fingerprint density at radius 1 is 1.10 bits per heavy atom. The van der Waals surface area contributed by atoms with E-state index < -0.39 is 21.7 Å². The van der Waals surface area contributed by atoms with Gasteiger partial charge in [0.05, 0.1) is 6.54 Å². The van der Waals surface area contributed by atoms with Crippen LogP contribution in [0, 0.1) is 11.6 Å². The molecule has 0 aliphatic heterocycles. The van der Waals surface area contributed by atoms with Gasteiger partial charge in [0.2, 0.25) is 5.09 Å². The molecule has 1 heterocycles. The number of sulfonamides is 1. The molecule has 1 aromatic heterocycles. The fourth-order valence-corrected chi connectivity index (χ4v) is 2.07. The van der Waals surface area contributed by atoms with Crippen molar-refractivity contribution < 1.29 is 21.6 Å². The first-order valence-electron chi connectivity index (χ1n) is 5.62. The standard InChI is InChI=1S/C12H12F2N2O3S/c13-10-3-1-8(5-11(10)14)6-16-7-9-2-4-12(19-9)20(15,17)18/h1-5,16H,6-7H2,(H2,15,17,18). The largest absolute Gasteiger partial charge is 0.447 e. The summed E-state index contributed by atoms with van der Waals surface area (Å²) in [6.07, 6.45) is 0. The van der Waals surface area contributed by atoms with Gasteiger partial charge in [-0.05, 0) is 29.8 Å². The maximum Gasteiger partial charge on any atom is 0.271 e. The smallest absolute Gasteiger partial charge is 0.271 e. The number of hydrogen-bond donors (Lipinski definition) is 2. The number of primary sulfonamides is 1. The summed E-state index contributed by atoms with van der Waals surface area (Å²) in [6.45, 7) is 0.511. The third-order valence-electron chi connectivity index (χ3n) is 2.53. The van der Waals surface area contributed by atoms with Crippen LogP contribution in [0.15, 0.2) is 39.8 Å². The average molecular weight is 302 g/mol. The first-order chi connectivity index (χ1) is 9.36. The van der Waals surface area contributed by atoms with Gasteiger partial charge in [0.25, 0.3) is 10.0 Å². The van der Waals surface area contributed by atoms with E-state index >= 15 is 0 Å². The SMILES string of the molecule is NS(=O)(=O)c1ccc(CNCc2ccc(F)c(F)c2)o1. The number of nitrogens with two attached hydrogens (primary N) is 1. The van der Waals surface area contributed by atoms with E-state index in [1.165, 1.54) is 18.2 Å². The maximum absolute atomic E-state index is 13.0. The van der Waals surface area contributed by atoms with E-state index in [1.807, 2.05) is 0 Å². The van der Waals surface area contributed by atoms with E-state index in [0.29, 0.717) is 11.3 Å². The quantitative estimate of drug-likeness (QED) is 0.876. The second-order valence-corrected chi connectivity index (χ2v) is 5.61. The van der Waals surface area contributed by atoms with Gasteiger partial charge < -0.3 is 9.73 Å². The van der Waals surface area contributed by atoms with Crippen LogP contribution in [0.25, 0.3) is 0 Å². The van der Waals surface area contributed by atoms with Crippen molar-refractivity contribution in [1.82, 2.24) is 5.32 Å². The Morgan fingerprint density at radius 3 is 2.45 bits per heavy atom. The van der Waals surface area contributed by atoms with Crippen LogP contribution in [-0.2, 0) is 23.1 Å². The minimum absolute atomic E-state index is 0.231. The van der Waals surface area contributed by atoms with Crippen molar-refractivity contribution in [3.63, 3.8) is 0 Å². The van der Waals surface area contributed by atoms with E-state index in [1.54, 1.807) is 0 Å². The van der Waals surface area contributed by atoms with Crippen molar-refractivity contribution >= 4 is 10.0 Å². The molecule has 0 fully saturated rings.